The van der Waals surface area contributed by atoms with Gasteiger partial charge >= 0.3 is 6.18 Å². The summed E-state index contributed by atoms with van der Waals surface area (Å²) in [4.78, 5) is 0. The molecule has 1 aromatic carbocycles. The third-order valence-electron chi connectivity index (χ3n) is 2.24. The minimum Gasteiger partial charge on any atom is -0.393 e. The molecule has 16 heavy (non-hydrogen) atoms. The van der Waals surface area contributed by atoms with Gasteiger partial charge in [0.1, 0.15) is 0 Å². The van der Waals surface area contributed by atoms with Crippen molar-refractivity contribution < 1.29 is 18.3 Å². The molecule has 0 amide bonds. The maximum absolute atomic E-state index is 12.6. The summed E-state index contributed by atoms with van der Waals surface area (Å²) >= 11 is 5.74. The number of rotatable bonds is 3. The number of hydrogen-bond donors (Lipinski definition) is 1. The smallest absolute Gasteiger partial charge is 0.393 e. The molecule has 0 aliphatic carbocycles. The molecular formula is C11H12ClF3O. The number of halogens is 4. The summed E-state index contributed by atoms with van der Waals surface area (Å²) in [6, 6.07) is 3.70. The standard InChI is InChI=1S/C11H12ClF3O/c1-7(16)5-6-8-9(11(13,14)15)3-2-4-10(8)12/h2-4,7,16H,5-6H2,1H3. The molecule has 0 heterocycles. The molecule has 0 aromatic heterocycles. The van der Waals surface area contributed by atoms with E-state index in [0.29, 0.717) is 0 Å². The van der Waals surface area contributed by atoms with Crippen molar-refractivity contribution in [1.82, 2.24) is 0 Å². The Morgan fingerprint density at radius 2 is 2.00 bits per heavy atom. The fourth-order valence-corrected chi connectivity index (χ4v) is 1.70. The lowest BCUT2D eigenvalue weighted by molar-refractivity contribution is -0.138. The van der Waals surface area contributed by atoms with E-state index in [0.717, 1.165) is 6.07 Å². The fourth-order valence-electron chi connectivity index (χ4n) is 1.43. The summed E-state index contributed by atoms with van der Waals surface area (Å²) < 4.78 is 37.9. The molecule has 0 saturated heterocycles. The Morgan fingerprint density at radius 1 is 1.38 bits per heavy atom. The predicted molar refractivity (Wildman–Crippen MR) is 56.5 cm³/mol. The van der Waals surface area contributed by atoms with Crippen LogP contribution in [0.5, 0.6) is 0 Å². The van der Waals surface area contributed by atoms with Crippen LogP contribution in [0.3, 0.4) is 0 Å². The lowest BCUT2D eigenvalue weighted by Crippen LogP contribution is -2.11. The second-order valence-corrected chi connectivity index (χ2v) is 4.06. The van der Waals surface area contributed by atoms with Crippen LogP contribution in [0.25, 0.3) is 0 Å². The van der Waals surface area contributed by atoms with E-state index in [1.54, 1.807) is 0 Å². The Morgan fingerprint density at radius 3 is 2.50 bits per heavy atom. The normalized spacial score (nSPS) is 13.9. The van der Waals surface area contributed by atoms with Crippen LogP contribution in [-0.2, 0) is 12.6 Å². The van der Waals surface area contributed by atoms with Crippen molar-refractivity contribution in [2.24, 2.45) is 0 Å². The molecule has 0 spiro atoms. The number of aliphatic hydroxyl groups is 1. The SMILES string of the molecule is CC(O)CCc1c(Cl)cccc1C(F)(F)F. The number of alkyl halides is 3. The molecule has 1 unspecified atom stereocenters. The Kier molecular flexibility index (Phi) is 4.21. The summed E-state index contributed by atoms with van der Waals surface area (Å²) in [6.07, 6.45) is -4.67. The highest BCUT2D eigenvalue weighted by Crippen LogP contribution is 2.35. The third-order valence-corrected chi connectivity index (χ3v) is 2.59. The minimum absolute atomic E-state index is 0.0533. The van der Waals surface area contributed by atoms with Crippen molar-refractivity contribution >= 4 is 11.6 Å². The summed E-state index contributed by atoms with van der Waals surface area (Å²) in [5.74, 6) is 0. The molecule has 0 fully saturated rings. The van der Waals surface area contributed by atoms with Gasteiger partial charge < -0.3 is 5.11 Å². The van der Waals surface area contributed by atoms with Gasteiger partial charge in [0.05, 0.1) is 11.7 Å². The molecule has 1 rings (SSSR count). The Hall–Kier alpha value is -0.740. The van der Waals surface area contributed by atoms with Crippen LogP contribution in [0.2, 0.25) is 5.02 Å². The van der Waals surface area contributed by atoms with Gasteiger partial charge in [0.15, 0.2) is 0 Å². The second-order valence-electron chi connectivity index (χ2n) is 3.65. The summed E-state index contributed by atoms with van der Waals surface area (Å²) in [7, 11) is 0. The van der Waals surface area contributed by atoms with Gasteiger partial charge in [0.2, 0.25) is 0 Å². The first-order valence-electron chi connectivity index (χ1n) is 4.85. The minimum atomic E-state index is -4.40. The van der Waals surface area contributed by atoms with Crippen LogP contribution in [0.15, 0.2) is 18.2 Å². The third kappa shape index (κ3) is 3.39. The molecule has 0 radical (unpaired) electrons. The molecular weight excluding hydrogens is 241 g/mol. The Balaban J connectivity index is 3.04. The van der Waals surface area contributed by atoms with E-state index >= 15 is 0 Å². The largest absolute Gasteiger partial charge is 0.416 e. The van der Waals surface area contributed by atoms with E-state index in [-0.39, 0.29) is 23.4 Å². The first-order chi connectivity index (χ1) is 7.32. The van der Waals surface area contributed by atoms with Gasteiger partial charge in [0, 0.05) is 5.02 Å². The van der Waals surface area contributed by atoms with Crippen molar-refractivity contribution in [3.63, 3.8) is 0 Å². The first-order valence-corrected chi connectivity index (χ1v) is 5.23. The quantitative estimate of drug-likeness (QED) is 0.870. The van der Waals surface area contributed by atoms with E-state index < -0.39 is 17.8 Å². The van der Waals surface area contributed by atoms with Crippen molar-refractivity contribution in [1.29, 1.82) is 0 Å². The van der Waals surface area contributed by atoms with Crippen molar-refractivity contribution in [3.8, 4) is 0 Å². The van der Waals surface area contributed by atoms with E-state index in [1.807, 2.05) is 0 Å². The van der Waals surface area contributed by atoms with Crippen LogP contribution < -0.4 is 0 Å². The highest BCUT2D eigenvalue weighted by molar-refractivity contribution is 6.31. The molecule has 1 nitrogen and oxygen atoms in total. The first kappa shape index (κ1) is 13.3. The molecule has 1 aromatic rings. The van der Waals surface area contributed by atoms with E-state index in [9.17, 15) is 13.2 Å². The number of aliphatic hydroxyl groups excluding tert-OH is 1. The van der Waals surface area contributed by atoms with Gasteiger partial charge in [-0.15, -0.1) is 0 Å². The number of benzene rings is 1. The van der Waals surface area contributed by atoms with E-state index in [4.69, 9.17) is 16.7 Å². The van der Waals surface area contributed by atoms with Crippen molar-refractivity contribution in [2.75, 3.05) is 0 Å². The maximum atomic E-state index is 12.6. The van der Waals surface area contributed by atoms with Crippen LogP contribution in [0.1, 0.15) is 24.5 Å². The number of hydrogen-bond acceptors (Lipinski definition) is 1. The van der Waals surface area contributed by atoms with Gasteiger partial charge in [-0.25, -0.2) is 0 Å². The van der Waals surface area contributed by atoms with Crippen LogP contribution in [-0.4, -0.2) is 11.2 Å². The zero-order valence-corrected chi connectivity index (χ0v) is 9.44. The van der Waals surface area contributed by atoms with E-state index in [1.165, 1.54) is 19.1 Å². The second kappa shape index (κ2) is 5.06. The van der Waals surface area contributed by atoms with Crippen LogP contribution in [0.4, 0.5) is 13.2 Å². The van der Waals surface area contributed by atoms with Gasteiger partial charge in [-0.05, 0) is 37.5 Å². The predicted octanol–water partition coefficient (Wildman–Crippen LogP) is 3.67. The average Bonchev–Trinajstić information content (AvgIpc) is 2.13. The zero-order valence-electron chi connectivity index (χ0n) is 8.68. The molecule has 0 aliphatic heterocycles. The molecule has 5 heteroatoms. The van der Waals surface area contributed by atoms with Crippen molar-refractivity contribution in [2.45, 2.75) is 32.0 Å². The van der Waals surface area contributed by atoms with Gasteiger partial charge in [0.25, 0.3) is 0 Å². The lowest BCUT2D eigenvalue weighted by Gasteiger charge is -2.14. The average molecular weight is 253 g/mol. The Labute approximate surface area is 96.9 Å². The molecule has 1 N–H and O–H groups in total. The van der Waals surface area contributed by atoms with Gasteiger partial charge in [-0.3, -0.25) is 0 Å². The monoisotopic (exact) mass is 252 g/mol. The maximum Gasteiger partial charge on any atom is 0.416 e. The van der Waals surface area contributed by atoms with Crippen LogP contribution >= 0.6 is 11.6 Å². The van der Waals surface area contributed by atoms with Crippen molar-refractivity contribution in [3.05, 3.63) is 34.3 Å². The Bertz CT molecular complexity index is 361. The van der Waals surface area contributed by atoms with E-state index in [2.05, 4.69) is 0 Å². The van der Waals surface area contributed by atoms with Gasteiger partial charge in [-0.1, -0.05) is 17.7 Å². The van der Waals surface area contributed by atoms with Crippen LogP contribution in [0, 0.1) is 0 Å². The highest BCUT2D eigenvalue weighted by atomic mass is 35.5. The molecule has 0 saturated carbocycles. The molecule has 0 bridgehead atoms. The summed E-state index contributed by atoms with van der Waals surface area (Å²) in [5.41, 5.74) is -0.668. The lowest BCUT2D eigenvalue weighted by atomic mass is 10.0. The molecule has 0 aliphatic rings. The highest BCUT2D eigenvalue weighted by Gasteiger charge is 2.33. The summed E-state index contributed by atoms with van der Waals surface area (Å²) in [5, 5.41) is 9.17. The topological polar surface area (TPSA) is 20.2 Å². The molecule has 1 atom stereocenters. The summed E-state index contributed by atoms with van der Waals surface area (Å²) in [6.45, 7) is 1.53. The zero-order chi connectivity index (χ0) is 12.3. The fraction of sp³-hybridized carbons (Fsp3) is 0.455. The van der Waals surface area contributed by atoms with Gasteiger partial charge in [-0.2, -0.15) is 13.2 Å². The molecule has 90 valence electrons.